The van der Waals surface area contributed by atoms with Crippen molar-refractivity contribution in [2.24, 2.45) is 5.92 Å². The third kappa shape index (κ3) is 4.23. The predicted octanol–water partition coefficient (Wildman–Crippen LogP) is 4.60. The van der Waals surface area contributed by atoms with E-state index in [1.807, 2.05) is 20.8 Å². The van der Waals surface area contributed by atoms with E-state index in [-0.39, 0.29) is 10.2 Å². The third-order valence-corrected chi connectivity index (χ3v) is 3.29. The van der Waals surface area contributed by atoms with Crippen LogP contribution in [0.4, 0.5) is 4.39 Å². The fraction of sp³-hybridized carbons (Fsp3) is 1.00. The Morgan fingerprint density at radius 3 is 1.64 bits per heavy atom. The highest BCUT2D eigenvalue weighted by Crippen LogP contribution is 2.46. The molecule has 0 saturated heterocycles. The van der Waals surface area contributed by atoms with Crippen molar-refractivity contribution < 1.29 is 4.39 Å². The van der Waals surface area contributed by atoms with E-state index in [0.29, 0.717) is 0 Å². The topological polar surface area (TPSA) is 0 Å². The SMILES string of the molecule is CCC(C(C)(C)Br)C(F)(Br)Br. The van der Waals surface area contributed by atoms with Crippen LogP contribution in [0.1, 0.15) is 27.2 Å². The Bertz CT molecular complexity index is 109. The van der Waals surface area contributed by atoms with Crippen molar-refractivity contribution in [1.82, 2.24) is 0 Å². The van der Waals surface area contributed by atoms with Crippen LogP contribution in [0.25, 0.3) is 0 Å². The molecule has 0 bridgehead atoms. The van der Waals surface area contributed by atoms with E-state index in [1.165, 1.54) is 0 Å². The predicted molar refractivity (Wildman–Crippen MR) is 58.5 cm³/mol. The molecule has 0 aromatic carbocycles. The quantitative estimate of drug-likeness (QED) is 0.650. The van der Waals surface area contributed by atoms with Crippen LogP contribution in [-0.4, -0.2) is 7.81 Å². The first kappa shape index (κ1) is 12.4. The minimum Gasteiger partial charge on any atom is -0.218 e. The zero-order valence-electron chi connectivity index (χ0n) is 6.80. The van der Waals surface area contributed by atoms with Crippen LogP contribution in [-0.2, 0) is 0 Å². The van der Waals surface area contributed by atoms with E-state index in [1.54, 1.807) is 0 Å². The minimum atomic E-state index is -1.47. The Labute approximate surface area is 92.7 Å². The number of rotatable bonds is 3. The van der Waals surface area contributed by atoms with Crippen molar-refractivity contribution in [3.63, 3.8) is 0 Å². The van der Waals surface area contributed by atoms with Gasteiger partial charge in [0.1, 0.15) is 0 Å². The molecule has 1 unspecified atom stereocenters. The highest BCUT2D eigenvalue weighted by Gasteiger charge is 2.41. The van der Waals surface area contributed by atoms with Gasteiger partial charge >= 0.3 is 0 Å². The minimum absolute atomic E-state index is 0.102. The molecule has 0 nitrogen and oxygen atoms in total. The maximum Gasteiger partial charge on any atom is 0.223 e. The van der Waals surface area contributed by atoms with Gasteiger partial charge in [-0.3, -0.25) is 0 Å². The van der Waals surface area contributed by atoms with Crippen molar-refractivity contribution in [2.75, 3.05) is 0 Å². The molecule has 0 aliphatic carbocycles. The van der Waals surface area contributed by atoms with Gasteiger partial charge in [-0.25, -0.2) is 4.39 Å². The standard InChI is InChI=1S/C7H12Br3F/c1-4-5(6(2,3)8)7(9,10)11/h5H,4H2,1-3H3. The molecule has 0 rings (SSSR count). The second kappa shape index (κ2) is 4.05. The van der Waals surface area contributed by atoms with Gasteiger partial charge in [-0.1, -0.05) is 22.9 Å². The summed E-state index contributed by atoms with van der Waals surface area (Å²) in [5.74, 6) is -0.102. The molecule has 0 heterocycles. The van der Waals surface area contributed by atoms with Gasteiger partial charge in [0.2, 0.25) is 3.49 Å². The van der Waals surface area contributed by atoms with Crippen molar-refractivity contribution in [3.8, 4) is 0 Å². The molecule has 0 fully saturated rings. The lowest BCUT2D eigenvalue weighted by atomic mass is 9.94. The molecule has 1 atom stereocenters. The van der Waals surface area contributed by atoms with E-state index in [2.05, 4.69) is 47.8 Å². The summed E-state index contributed by atoms with van der Waals surface area (Å²) in [5, 5.41) is 0. The van der Waals surface area contributed by atoms with Crippen molar-refractivity contribution in [3.05, 3.63) is 0 Å². The lowest BCUT2D eigenvalue weighted by Crippen LogP contribution is -2.34. The summed E-state index contributed by atoms with van der Waals surface area (Å²) in [4.78, 5) is 0. The summed E-state index contributed by atoms with van der Waals surface area (Å²) < 4.78 is 11.7. The lowest BCUT2D eigenvalue weighted by Gasteiger charge is -2.32. The van der Waals surface area contributed by atoms with Crippen LogP contribution in [0.5, 0.6) is 0 Å². The number of halogens is 4. The van der Waals surface area contributed by atoms with E-state index >= 15 is 0 Å². The maximum atomic E-state index is 13.4. The van der Waals surface area contributed by atoms with Gasteiger partial charge in [-0.05, 0) is 52.1 Å². The summed E-state index contributed by atoms with van der Waals surface area (Å²) in [6.07, 6.45) is 0.769. The molecule has 0 aliphatic heterocycles. The summed E-state index contributed by atoms with van der Waals surface area (Å²) in [6.45, 7) is 5.88. The molecule has 0 saturated carbocycles. The Hall–Kier alpha value is 1.37. The van der Waals surface area contributed by atoms with Crippen LogP contribution in [0.3, 0.4) is 0 Å². The Morgan fingerprint density at radius 1 is 1.27 bits per heavy atom. The first-order valence-electron chi connectivity index (χ1n) is 3.45. The van der Waals surface area contributed by atoms with Crippen LogP contribution >= 0.6 is 47.8 Å². The summed E-state index contributed by atoms with van der Waals surface area (Å²) in [7, 11) is 0. The van der Waals surface area contributed by atoms with E-state index in [9.17, 15) is 4.39 Å². The number of hydrogen-bond donors (Lipinski definition) is 0. The fourth-order valence-electron chi connectivity index (χ4n) is 1.11. The molecule has 0 radical (unpaired) electrons. The monoisotopic (exact) mass is 352 g/mol. The maximum absolute atomic E-state index is 13.4. The summed E-state index contributed by atoms with van der Waals surface area (Å²) in [6, 6.07) is 0. The molecule has 0 aromatic rings. The summed E-state index contributed by atoms with van der Waals surface area (Å²) >= 11 is 9.36. The lowest BCUT2D eigenvalue weighted by molar-refractivity contribution is 0.259. The van der Waals surface area contributed by atoms with Crippen molar-refractivity contribution in [2.45, 2.75) is 35.0 Å². The van der Waals surface area contributed by atoms with E-state index in [0.717, 1.165) is 6.42 Å². The second-order valence-electron chi connectivity index (χ2n) is 3.07. The largest absolute Gasteiger partial charge is 0.223 e. The zero-order valence-corrected chi connectivity index (χ0v) is 11.6. The van der Waals surface area contributed by atoms with Gasteiger partial charge in [0.15, 0.2) is 0 Å². The van der Waals surface area contributed by atoms with E-state index in [4.69, 9.17) is 0 Å². The Morgan fingerprint density at radius 2 is 1.64 bits per heavy atom. The van der Waals surface area contributed by atoms with E-state index < -0.39 is 3.49 Å². The van der Waals surface area contributed by atoms with Gasteiger partial charge in [-0.2, -0.15) is 0 Å². The molecule has 0 aliphatic rings. The molecular weight excluding hydrogens is 343 g/mol. The Kier molecular flexibility index (Phi) is 4.56. The fourth-order valence-corrected chi connectivity index (χ4v) is 4.15. The molecule has 0 aromatic heterocycles. The number of hydrogen-bond acceptors (Lipinski definition) is 0. The van der Waals surface area contributed by atoms with Crippen molar-refractivity contribution >= 4 is 47.8 Å². The first-order valence-corrected chi connectivity index (χ1v) is 5.83. The van der Waals surface area contributed by atoms with Crippen LogP contribution in [0.2, 0.25) is 0 Å². The average molecular weight is 355 g/mol. The number of alkyl halides is 4. The van der Waals surface area contributed by atoms with Gasteiger partial charge < -0.3 is 0 Å². The van der Waals surface area contributed by atoms with Crippen LogP contribution in [0.15, 0.2) is 0 Å². The van der Waals surface area contributed by atoms with Crippen LogP contribution < -0.4 is 0 Å². The van der Waals surface area contributed by atoms with Gasteiger partial charge in [0.25, 0.3) is 0 Å². The third-order valence-electron chi connectivity index (χ3n) is 1.63. The first-order chi connectivity index (χ1) is 4.69. The zero-order chi connectivity index (χ0) is 9.28. The molecule has 11 heavy (non-hydrogen) atoms. The van der Waals surface area contributed by atoms with Crippen molar-refractivity contribution in [1.29, 1.82) is 0 Å². The average Bonchev–Trinajstić information content (AvgIpc) is 1.56. The van der Waals surface area contributed by atoms with Gasteiger partial charge in [-0.15, -0.1) is 0 Å². The highest BCUT2D eigenvalue weighted by molar-refractivity contribution is 9.25. The van der Waals surface area contributed by atoms with Gasteiger partial charge in [0, 0.05) is 10.2 Å². The second-order valence-corrected chi connectivity index (χ2v) is 8.48. The van der Waals surface area contributed by atoms with Crippen LogP contribution in [0, 0.1) is 5.92 Å². The highest BCUT2D eigenvalue weighted by atomic mass is 79.9. The van der Waals surface area contributed by atoms with Gasteiger partial charge in [0.05, 0.1) is 0 Å². The smallest absolute Gasteiger partial charge is 0.218 e. The molecular formula is C7H12Br3F. The molecule has 0 N–H and O–H groups in total. The molecule has 0 spiro atoms. The summed E-state index contributed by atoms with van der Waals surface area (Å²) in [5.41, 5.74) is 0. The molecule has 4 heteroatoms. The molecule has 68 valence electrons. The normalized spacial score (nSPS) is 16.6. The Balaban J connectivity index is 4.43. The molecule has 0 amide bonds.